The average Bonchev–Trinajstić information content (AvgIpc) is 3.12. The molecule has 1 amide bonds. The predicted molar refractivity (Wildman–Crippen MR) is 88.8 cm³/mol. The van der Waals surface area contributed by atoms with Crippen molar-refractivity contribution in [3.63, 3.8) is 0 Å². The van der Waals surface area contributed by atoms with Gasteiger partial charge >= 0.3 is 0 Å². The first-order valence-corrected chi connectivity index (χ1v) is 8.45. The average molecular weight is 328 g/mol. The van der Waals surface area contributed by atoms with Crippen molar-refractivity contribution in [1.82, 2.24) is 14.5 Å². The number of carbonyl (C=O) groups is 1. The van der Waals surface area contributed by atoms with Gasteiger partial charge in [-0.1, -0.05) is 17.8 Å². The standard InChI is InChI=1S/C16H16N4O2S/c1-19-8-10-2-3-12(6-11(10)9-19)18-14(21)13-7-17-16-20(15(13)22)4-5-23-16/h2-3,6-7H,4-5,8-9H2,1H3,(H,18,21). The molecule has 4 rings (SSSR count). The molecule has 3 heterocycles. The van der Waals surface area contributed by atoms with Crippen molar-refractivity contribution in [2.75, 3.05) is 18.1 Å². The normalized spacial score (nSPS) is 16.2. The lowest BCUT2D eigenvalue weighted by molar-refractivity contribution is 0.102. The van der Waals surface area contributed by atoms with E-state index in [0.717, 1.165) is 18.8 Å². The monoisotopic (exact) mass is 328 g/mol. The first-order chi connectivity index (χ1) is 11.1. The quantitative estimate of drug-likeness (QED) is 0.847. The number of carbonyl (C=O) groups excluding carboxylic acids is 1. The Morgan fingerprint density at radius 1 is 1.30 bits per heavy atom. The number of hydrogen-bond donors (Lipinski definition) is 1. The maximum Gasteiger partial charge on any atom is 0.267 e. The van der Waals surface area contributed by atoms with Crippen molar-refractivity contribution in [3.8, 4) is 0 Å². The van der Waals surface area contributed by atoms with Gasteiger partial charge in [-0.3, -0.25) is 19.1 Å². The van der Waals surface area contributed by atoms with Crippen LogP contribution in [0, 0.1) is 0 Å². The summed E-state index contributed by atoms with van der Waals surface area (Å²) in [7, 11) is 2.06. The summed E-state index contributed by atoms with van der Waals surface area (Å²) in [5.74, 6) is 0.423. The molecule has 1 N–H and O–H groups in total. The summed E-state index contributed by atoms with van der Waals surface area (Å²) in [6, 6.07) is 5.88. The van der Waals surface area contributed by atoms with E-state index in [2.05, 4.69) is 22.2 Å². The van der Waals surface area contributed by atoms with E-state index >= 15 is 0 Å². The van der Waals surface area contributed by atoms with Gasteiger partial charge in [0, 0.05) is 37.3 Å². The second-order valence-corrected chi connectivity index (χ2v) is 6.93. The van der Waals surface area contributed by atoms with E-state index in [4.69, 9.17) is 0 Å². The zero-order valence-electron chi connectivity index (χ0n) is 12.7. The van der Waals surface area contributed by atoms with Crippen molar-refractivity contribution in [3.05, 3.63) is 51.4 Å². The molecule has 0 saturated carbocycles. The Hall–Kier alpha value is -2.12. The maximum absolute atomic E-state index is 12.4. The van der Waals surface area contributed by atoms with E-state index in [9.17, 15) is 9.59 Å². The van der Waals surface area contributed by atoms with E-state index in [1.807, 2.05) is 18.2 Å². The van der Waals surface area contributed by atoms with Gasteiger partial charge in [0.1, 0.15) is 5.56 Å². The van der Waals surface area contributed by atoms with Crippen LogP contribution >= 0.6 is 11.8 Å². The zero-order chi connectivity index (χ0) is 16.0. The molecule has 0 fully saturated rings. The maximum atomic E-state index is 12.4. The number of nitrogens with zero attached hydrogens (tertiary/aromatic N) is 3. The highest BCUT2D eigenvalue weighted by Crippen LogP contribution is 2.25. The first-order valence-electron chi connectivity index (χ1n) is 7.46. The molecule has 0 saturated heterocycles. The molecule has 6 nitrogen and oxygen atoms in total. The molecule has 0 unspecified atom stereocenters. The predicted octanol–water partition coefficient (Wildman–Crippen LogP) is 1.55. The molecular formula is C16H16N4O2S. The van der Waals surface area contributed by atoms with E-state index in [-0.39, 0.29) is 11.1 Å². The smallest absolute Gasteiger partial charge is 0.267 e. The summed E-state index contributed by atoms with van der Waals surface area (Å²) < 4.78 is 1.57. The fourth-order valence-corrected chi connectivity index (χ4v) is 3.93. The topological polar surface area (TPSA) is 67.2 Å². The van der Waals surface area contributed by atoms with Gasteiger partial charge in [0.05, 0.1) is 0 Å². The van der Waals surface area contributed by atoms with Crippen LogP contribution in [0.25, 0.3) is 0 Å². The Balaban J connectivity index is 1.60. The number of aromatic nitrogens is 2. The van der Waals surface area contributed by atoms with Gasteiger partial charge in [-0.15, -0.1) is 0 Å². The number of nitrogens with one attached hydrogen (secondary N) is 1. The zero-order valence-corrected chi connectivity index (χ0v) is 13.5. The Labute approximate surface area is 137 Å². The molecule has 0 spiro atoms. The number of thioether (sulfide) groups is 1. The van der Waals surface area contributed by atoms with Crippen LogP contribution in [0.1, 0.15) is 21.5 Å². The van der Waals surface area contributed by atoms with Crippen LogP contribution in [0.5, 0.6) is 0 Å². The molecule has 0 aliphatic carbocycles. The molecule has 2 aromatic rings. The van der Waals surface area contributed by atoms with Gasteiger partial charge in [0.25, 0.3) is 11.5 Å². The highest BCUT2D eigenvalue weighted by Gasteiger charge is 2.21. The molecule has 0 radical (unpaired) electrons. The molecular weight excluding hydrogens is 312 g/mol. The van der Waals surface area contributed by atoms with Crippen LogP contribution in [0.3, 0.4) is 0 Å². The number of anilines is 1. The van der Waals surface area contributed by atoms with Crippen LogP contribution in [0.2, 0.25) is 0 Å². The van der Waals surface area contributed by atoms with E-state index in [1.165, 1.54) is 29.1 Å². The van der Waals surface area contributed by atoms with E-state index < -0.39 is 5.91 Å². The van der Waals surface area contributed by atoms with Crippen LogP contribution in [-0.4, -0.2) is 33.2 Å². The SMILES string of the molecule is CN1Cc2ccc(NC(=O)c3cnc4n(c3=O)CCS4)cc2C1. The van der Waals surface area contributed by atoms with Gasteiger partial charge in [-0.2, -0.15) is 0 Å². The van der Waals surface area contributed by atoms with Crippen molar-refractivity contribution < 1.29 is 4.79 Å². The van der Waals surface area contributed by atoms with Gasteiger partial charge in [0.2, 0.25) is 0 Å². The number of fused-ring (bicyclic) bond motifs is 2. The van der Waals surface area contributed by atoms with Gasteiger partial charge in [-0.05, 0) is 30.3 Å². The number of hydrogen-bond acceptors (Lipinski definition) is 5. The first kappa shape index (κ1) is 14.5. The number of benzene rings is 1. The Morgan fingerprint density at radius 2 is 2.13 bits per heavy atom. The Bertz CT molecular complexity index is 862. The third-order valence-corrected chi connectivity index (χ3v) is 5.12. The lowest BCUT2D eigenvalue weighted by Crippen LogP contribution is -2.29. The minimum atomic E-state index is -0.402. The van der Waals surface area contributed by atoms with E-state index in [1.54, 1.807) is 4.57 Å². The van der Waals surface area contributed by atoms with Crippen LogP contribution < -0.4 is 10.9 Å². The van der Waals surface area contributed by atoms with Crippen LogP contribution in [0.4, 0.5) is 5.69 Å². The summed E-state index contributed by atoms with van der Waals surface area (Å²) in [6.07, 6.45) is 1.38. The highest BCUT2D eigenvalue weighted by molar-refractivity contribution is 7.99. The fraction of sp³-hybridized carbons (Fsp3) is 0.312. The molecule has 23 heavy (non-hydrogen) atoms. The van der Waals surface area contributed by atoms with Gasteiger partial charge < -0.3 is 5.32 Å². The molecule has 2 aliphatic rings. The molecule has 7 heteroatoms. The van der Waals surface area contributed by atoms with Crippen molar-refractivity contribution in [2.45, 2.75) is 24.8 Å². The Morgan fingerprint density at radius 3 is 3.00 bits per heavy atom. The van der Waals surface area contributed by atoms with Crippen LogP contribution in [-0.2, 0) is 19.6 Å². The highest BCUT2D eigenvalue weighted by atomic mass is 32.2. The minimum absolute atomic E-state index is 0.0915. The lowest BCUT2D eigenvalue weighted by Gasteiger charge is -2.08. The Kier molecular flexibility index (Phi) is 3.46. The van der Waals surface area contributed by atoms with E-state index in [0.29, 0.717) is 17.4 Å². The van der Waals surface area contributed by atoms with Crippen molar-refractivity contribution >= 4 is 23.4 Å². The molecule has 1 aromatic heterocycles. The summed E-state index contributed by atoms with van der Waals surface area (Å²) in [4.78, 5) is 31.2. The summed E-state index contributed by atoms with van der Waals surface area (Å²) in [5, 5.41) is 3.50. The third kappa shape index (κ3) is 2.55. The fourth-order valence-electron chi connectivity index (χ4n) is 3.01. The summed E-state index contributed by atoms with van der Waals surface area (Å²) in [6.45, 7) is 2.41. The minimum Gasteiger partial charge on any atom is -0.322 e. The molecule has 118 valence electrons. The summed E-state index contributed by atoms with van der Waals surface area (Å²) >= 11 is 1.54. The van der Waals surface area contributed by atoms with Crippen LogP contribution in [0.15, 0.2) is 34.3 Å². The summed E-state index contributed by atoms with van der Waals surface area (Å²) in [5.41, 5.74) is 3.03. The molecule has 0 bridgehead atoms. The third-order valence-electron chi connectivity index (χ3n) is 4.15. The molecule has 0 atom stereocenters. The number of rotatable bonds is 2. The van der Waals surface area contributed by atoms with Crippen molar-refractivity contribution in [1.29, 1.82) is 0 Å². The molecule has 1 aromatic carbocycles. The molecule has 2 aliphatic heterocycles. The largest absolute Gasteiger partial charge is 0.322 e. The number of amides is 1. The van der Waals surface area contributed by atoms with Crippen molar-refractivity contribution in [2.24, 2.45) is 0 Å². The van der Waals surface area contributed by atoms with Gasteiger partial charge in [-0.25, -0.2) is 4.98 Å². The lowest BCUT2D eigenvalue weighted by atomic mass is 10.1. The van der Waals surface area contributed by atoms with Gasteiger partial charge in [0.15, 0.2) is 5.16 Å². The second kappa shape index (κ2) is 5.50. The second-order valence-electron chi connectivity index (χ2n) is 5.87.